The van der Waals surface area contributed by atoms with Crippen LogP contribution in [0.1, 0.15) is 54.1 Å². The van der Waals surface area contributed by atoms with Crippen molar-refractivity contribution in [3.05, 3.63) is 51.2 Å². The first-order valence-electron chi connectivity index (χ1n) is 9.47. The second kappa shape index (κ2) is 8.39. The van der Waals surface area contributed by atoms with Crippen LogP contribution < -0.4 is 16.0 Å². The average Bonchev–Trinajstić information content (AvgIpc) is 3.01. The highest BCUT2D eigenvalue weighted by molar-refractivity contribution is 6.05. The zero-order chi connectivity index (χ0) is 21.1. The van der Waals surface area contributed by atoms with Crippen LogP contribution in [0.4, 0.5) is 11.5 Å². The Balaban J connectivity index is 1.86. The summed E-state index contributed by atoms with van der Waals surface area (Å²) in [5.41, 5.74) is 1.02. The van der Waals surface area contributed by atoms with E-state index in [0.717, 1.165) is 12.8 Å². The number of nitro groups is 1. The fraction of sp³-hybridized carbons (Fsp3) is 0.421. The van der Waals surface area contributed by atoms with E-state index in [1.165, 1.54) is 29.8 Å². The second-order valence-electron chi connectivity index (χ2n) is 7.10. The topological polar surface area (TPSA) is 131 Å². The van der Waals surface area contributed by atoms with Crippen LogP contribution in [0.2, 0.25) is 0 Å². The average molecular weight is 400 g/mol. The van der Waals surface area contributed by atoms with E-state index in [4.69, 9.17) is 0 Å². The van der Waals surface area contributed by atoms with Gasteiger partial charge in [0.1, 0.15) is 5.82 Å². The maximum Gasteiger partial charge on any atom is 0.273 e. The molecular weight excluding hydrogens is 376 g/mol. The summed E-state index contributed by atoms with van der Waals surface area (Å²) in [7, 11) is 0. The molecule has 154 valence electrons. The van der Waals surface area contributed by atoms with E-state index in [1.54, 1.807) is 13.0 Å². The molecule has 3 N–H and O–H groups in total. The highest BCUT2D eigenvalue weighted by Crippen LogP contribution is 2.23. The van der Waals surface area contributed by atoms with E-state index in [1.807, 2.05) is 6.92 Å². The van der Waals surface area contributed by atoms with Gasteiger partial charge in [-0.05, 0) is 26.3 Å². The molecule has 10 heteroatoms. The van der Waals surface area contributed by atoms with Gasteiger partial charge >= 0.3 is 0 Å². The van der Waals surface area contributed by atoms with E-state index in [2.05, 4.69) is 21.0 Å². The molecule has 1 aliphatic heterocycles. The van der Waals surface area contributed by atoms with Crippen LogP contribution in [-0.2, 0) is 4.79 Å². The molecule has 0 spiro atoms. The number of anilines is 1. The number of benzene rings is 1. The fourth-order valence-corrected chi connectivity index (χ4v) is 3.48. The van der Waals surface area contributed by atoms with Gasteiger partial charge in [-0.15, -0.1) is 0 Å². The number of nitrogens with one attached hydrogen (secondary N) is 3. The predicted octanol–water partition coefficient (Wildman–Crippen LogP) is 2.39. The standard InChI is InChI=1S/C19H24N6O4/c1-4-6-13-10-17(26)22-19(20-13)24-16(9-11(2)23-24)21-18(27)14-7-5-8-15(12(14)3)25(28)29/h5,7-9,13,19-20H,4,6,10H2,1-3H3,(H,21,27)(H,22,26). The summed E-state index contributed by atoms with van der Waals surface area (Å²) < 4.78 is 1.51. The molecule has 2 unspecified atom stereocenters. The molecule has 0 saturated carbocycles. The molecular formula is C19H24N6O4. The number of carbonyl (C=O) groups excluding carboxylic acids is 2. The first-order valence-corrected chi connectivity index (χ1v) is 9.47. The first-order chi connectivity index (χ1) is 13.8. The van der Waals surface area contributed by atoms with Crippen molar-refractivity contribution in [1.82, 2.24) is 20.4 Å². The highest BCUT2D eigenvalue weighted by atomic mass is 16.6. The Labute approximate surface area is 167 Å². The van der Waals surface area contributed by atoms with Crippen LogP contribution in [0.5, 0.6) is 0 Å². The Morgan fingerprint density at radius 1 is 1.41 bits per heavy atom. The van der Waals surface area contributed by atoms with E-state index >= 15 is 0 Å². The van der Waals surface area contributed by atoms with Crippen LogP contribution in [0.15, 0.2) is 24.3 Å². The van der Waals surface area contributed by atoms with Crippen LogP contribution in [-0.4, -0.2) is 32.6 Å². The maximum absolute atomic E-state index is 12.8. The van der Waals surface area contributed by atoms with Crippen molar-refractivity contribution in [1.29, 1.82) is 0 Å². The number of amides is 2. The number of nitrogens with zero attached hydrogens (tertiary/aromatic N) is 3. The Hall–Kier alpha value is -3.27. The lowest BCUT2D eigenvalue weighted by atomic mass is 10.1. The molecule has 1 aromatic heterocycles. The van der Waals surface area contributed by atoms with Crippen molar-refractivity contribution in [2.75, 3.05) is 5.32 Å². The molecule has 2 heterocycles. The summed E-state index contributed by atoms with van der Waals surface area (Å²) in [6.45, 7) is 5.36. The number of hydrogen-bond acceptors (Lipinski definition) is 6. The van der Waals surface area contributed by atoms with Gasteiger partial charge in [-0.3, -0.25) is 25.0 Å². The third-order valence-corrected chi connectivity index (χ3v) is 4.85. The smallest absolute Gasteiger partial charge is 0.273 e. The van der Waals surface area contributed by atoms with E-state index in [9.17, 15) is 19.7 Å². The van der Waals surface area contributed by atoms with E-state index in [-0.39, 0.29) is 28.8 Å². The number of aromatic nitrogens is 2. The van der Waals surface area contributed by atoms with Gasteiger partial charge in [-0.1, -0.05) is 19.4 Å². The molecule has 0 radical (unpaired) electrons. The van der Waals surface area contributed by atoms with E-state index < -0.39 is 17.1 Å². The molecule has 3 rings (SSSR count). The molecule has 2 aromatic rings. The second-order valence-corrected chi connectivity index (χ2v) is 7.10. The molecule has 2 amide bonds. The molecule has 0 aliphatic carbocycles. The first kappa shape index (κ1) is 20.5. The van der Waals surface area contributed by atoms with Crippen LogP contribution in [0, 0.1) is 24.0 Å². The maximum atomic E-state index is 12.8. The van der Waals surface area contributed by atoms with Crippen molar-refractivity contribution < 1.29 is 14.5 Å². The molecule has 1 saturated heterocycles. The van der Waals surface area contributed by atoms with Crippen molar-refractivity contribution in [3.63, 3.8) is 0 Å². The number of nitro benzene ring substituents is 1. The molecule has 2 atom stereocenters. The quantitative estimate of drug-likeness (QED) is 0.504. The van der Waals surface area contributed by atoms with Crippen LogP contribution in [0.3, 0.4) is 0 Å². The molecule has 1 aromatic carbocycles. The summed E-state index contributed by atoms with van der Waals surface area (Å²) in [6.07, 6.45) is 1.58. The summed E-state index contributed by atoms with van der Waals surface area (Å²) in [5.74, 6) is -0.194. The lowest BCUT2D eigenvalue weighted by molar-refractivity contribution is -0.385. The van der Waals surface area contributed by atoms with Gasteiger partial charge in [0, 0.05) is 35.7 Å². The van der Waals surface area contributed by atoms with Gasteiger partial charge in [0.05, 0.1) is 10.6 Å². The van der Waals surface area contributed by atoms with Gasteiger partial charge in [0.2, 0.25) is 5.91 Å². The third kappa shape index (κ3) is 4.43. The van der Waals surface area contributed by atoms with Crippen LogP contribution in [0.25, 0.3) is 0 Å². The lowest BCUT2D eigenvalue weighted by Gasteiger charge is -2.32. The molecule has 29 heavy (non-hydrogen) atoms. The summed E-state index contributed by atoms with van der Waals surface area (Å²) in [6, 6.07) is 6.06. The van der Waals surface area contributed by atoms with Crippen LogP contribution >= 0.6 is 0 Å². The summed E-state index contributed by atoms with van der Waals surface area (Å²) in [5, 5.41) is 24.5. The Kier molecular flexibility index (Phi) is 5.92. The Morgan fingerprint density at radius 3 is 2.86 bits per heavy atom. The van der Waals surface area contributed by atoms with E-state index in [0.29, 0.717) is 17.9 Å². The zero-order valence-electron chi connectivity index (χ0n) is 16.6. The number of aryl methyl sites for hydroxylation is 1. The number of rotatable bonds is 6. The number of carbonyl (C=O) groups is 2. The molecule has 1 aliphatic rings. The monoisotopic (exact) mass is 400 g/mol. The van der Waals surface area contributed by atoms with Crippen molar-refractivity contribution in [2.24, 2.45) is 0 Å². The SMILES string of the molecule is CCCC1CC(=O)NC(n2nc(C)cc2NC(=O)c2cccc([N+](=O)[O-])c2C)N1. The minimum absolute atomic E-state index is 0.0193. The third-order valence-electron chi connectivity index (χ3n) is 4.85. The van der Waals surface area contributed by atoms with Gasteiger partial charge < -0.3 is 10.6 Å². The number of hydrogen-bond donors (Lipinski definition) is 3. The van der Waals surface area contributed by atoms with Crippen molar-refractivity contribution >= 4 is 23.3 Å². The normalized spacial score (nSPS) is 18.9. The Morgan fingerprint density at radius 2 is 2.17 bits per heavy atom. The molecule has 0 bridgehead atoms. The predicted molar refractivity (Wildman–Crippen MR) is 106 cm³/mol. The Bertz CT molecular complexity index is 954. The highest BCUT2D eigenvalue weighted by Gasteiger charge is 2.29. The minimum atomic E-state index is -0.594. The van der Waals surface area contributed by atoms with Gasteiger partial charge in [0.15, 0.2) is 6.29 Å². The van der Waals surface area contributed by atoms with Gasteiger partial charge in [-0.2, -0.15) is 5.10 Å². The van der Waals surface area contributed by atoms with Crippen molar-refractivity contribution in [3.8, 4) is 0 Å². The molecule has 10 nitrogen and oxygen atoms in total. The summed E-state index contributed by atoms with van der Waals surface area (Å²) in [4.78, 5) is 35.5. The van der Waals surface area contributed by atoms with Crippen molar-refractivity contribution in [2.45, 2.75) is 52.4 Å². The lowest BCUT2D eigenvalue weighted by Crippen LogP contribution is -2.53. The fourth-order valence-electron chi connectivity index (χ4n) is 3.48. The molecule has 1 fully saturated rings. The minimum Gasteiger partial charge on any atom is -0.322 e. The van der Waals surface area contributed by atoms with Gasteiger partial charge in [-0.25, -0.2) is 4.68 Å². The zero-order valence-corrected chi connectivity index (χ0v) is 16.6. The summed E-state index contributed by atoms with van der Waals surface area (Å²) >= 11 is 0. The van der Waals surface area contributed by atoms with Gasteiger partial charge in [0.25, 0.3) is 11.6 Å². The largest absolute Gasteiger partial charge is 0.322 e.